The fraction of sp³-hybridized carbons (Fsp3) is 0. The van der Waals surface area contributed by atoms with Gasteiger partial charge in [-0.2, -0.15) is 0 Å². The van der Waals surface area contributed by atoms with Gasteiger partial charge in [0.2, 0.25) is 0 Å². The van der Waals surface area contributed by atoms with Gasteiger partial charge in [-0.3, -0.25) is 4.98 Å². The molecule has 266 valence electrons. The number of rotatable bonds is 5. The summed E-state index contributed by atoms with van der Waals surface area (Å²) >= 11 is 0. The molecule has 8 aromatic carbocycles. The van der Waals surface area contributed by atoms with Crippen LogP contribution in [-0.2, 0) is 0 Å². The molecule has 12 rings (SSSR count). The van der Waals surface area contributed by atoms with Gasteiger partial charge in [0.05, 0.1) is 38.8 Å². The van der Waals surface area contributed by atoms with E-state index in [0.717, 1.165) is 39.0 Å². The molecule has 0 radical (unpaired) electrons. The Morgan fingerprint density at radius 3 is 1.60 bits per heavy atom. The lowest BCUT2D eigenvalue weighted by Gasteiger charge is -2.20. The minimum absolute atomic E-state index is 1.12. The molecule has 4 heteroatoms. The maximum Gasteiger partial charge on any atom is 0.0620 e. The summed E-state index contributed by atoms with van der Waals surface area (Å²) in [4.78, 5) is 4.61. The summed E-state index contributed by atoms with van der Waals surface area (Å²) in [7, 11) is 0. The number of fused-ring (bicyclic) bond motifs is 9. The van der Waals surface area contributed by atoms with Crippen LogP contribution in [0.5, 0.6) is 0 Å². The molecule has 0 fully saturated rings. The molecular weight excluding hydrogens is 693 g/mol. The molecule has 0 bridgehead atoms. The van der Waals surface area contributed by atoms with Crippen LogP contribution in [0.3, 0.4) is 0 Å². The SMILES string of the molecule is c1ccc(-c2cc(-c3c(-n4c5ccccc5c5cnccc54)ccc4c3c3ccccc3n4-c3ccccc3)c3c(c2)c2ccccc2n3-c2ccccc2)cc1. The molecule has 4 nitrogen and oxygen atoms in total. The third-order valence-electron chi connectivity index (χ3n) is 11.7. The van der Waals surface area contributed by atoms with Gasteiger partial charge in [-0.05, 0) is 83.9 Å². The Morgan fingerprint density at radius 2 is 0.895 bits per heavy atom. The van der Waals surface area contributed by atoms with Crippen molar-refractivity contribution >= 4 is 65.4 Å². The van der Waals surface area contributed by atoms with E-state index in [4.69, 9.17) is 0 Å². The molecule has 0 N–H and O–H groups in total. The Morgan fingerprint density at radius 1 is 0.351 bits per heavy atom. The fourth-order valence-corrected chi connectivity index (χ4v) is 9.37. The summed E-state index contributed by atoms with van der Waals surface area (Å²) in [6, 6.07) is 70.6. The van der Waals surface area contributed by atoms with Gasteiger partial charge in [0.15, 0.2) is 0 Å². The molecule has 0 saturated heterocycles. The van der Waals surface area contributed by atoms with Crippen LogP contribution >= 0.6 is 0 Å². The predicted molar refractivity (Wildman–Crippen MR) is 238 cm³/mol. The van der Waals surface area contributed by atoms with Crippen LogP contribution in [0.25, 0.3) is 105 Å². The van der Waals surface area contributed by atoms with E-state index in [2.05, 4.69) is 213 Å². The second kappa shape index (κ2) is 12.4. The van der Waals surface area contributed by atoms with Crippen molar-refractivity contribution in [3.8, 4) is 39.3 Å². The van der Waals surface area contributed by atoms with E-state index in [0.29, 0.717) is 0 Å². The van der Waals surface area contributed by atoms with Gasteiger partial charge in [0.1, 0.15) is 0 Å². The topological polar surface area (TPSA) is 27.7 Å². The first-order valence-corrected chi connectivity index (χ1v) is 19.5. The van der Waals surface area contributed by atoms with E-state index >= 15 is 0 Å². The molecule has 0 saturated carbocycles. The average molecular weight is 727 g/mol. The first-order valence-electron chi connectivity index (χ1n) is 19.5. The lowest BCUT2D eigenvalue weighted by molar-refractivity contribution is 1.16. The molecule has 57 heavy (non-hydrogen) atoms. The Hall–Kier alpha value is -7.69. The number of pyridine rings is 1. The molecule has 0 spiro atoms. The Balaban J connectivity index is 1.36. The summed E-state index contributed by atoms with van der Waals surface area (Å²) in [6.07, 6.45) is 3.92. The van der Waals surface area contributed by atoms with Crippen molar-refractivity contribution in [2.45, 2.75) is 0 Å². The smallest absolute Gasteiger partial charge is 0.0620 e. The monoisotopic (exact) mass is 726 g/mol. The normalized spacial score (nSPS) is 11.9. The molecule has 12 aromatic rings. The molecule has 0 aliphatic carbocycles. The Kier molecular flexibility index (Phi) is 6.89. The minimum atomic E-state index is 1.12. The van der Waals surface area contributed by atoms with Crippen molar-refractivity contribution in [2.24, 2.45) is 0 Å². The number of benzene rings is 8. The molecular formula is C53H34N4. The molecule has 0 aliphatic rings. The molecule has 0 amide bonds. The zero-order valence-electron chi connectivity index (χ0n) is 30.9. The van der Waals surface area contributed by atoms with Crippen molar-refractivity contribution in [1.29, 1.82) is 0 Å². The maximum atomic E-state index is 4.61. The summed E-state index contributed by atoms with van der Waals surface area (Å²) in [5.41, 5.74) is 15.0. The highest BCUT2D eigenvalue weighted by molar-refractivity contribution is 6.23. The molecule has 0 unspecified atom stereocenters. The number of hydrogen-bond donors (Lipinski definition) is 0. The zero-order chi connectivity index (χ0) is 37.5. The predicted octanol–water partition coefficient (Wildman–Crippen LogP) is 13.7. The van der Waals surface area contributed by atoms with E-state index < -0.39 is 0 Å². The third-order valence-corrected chi connectivity index (χ3v) is 11.7. The molecule has 4 aromatic heterocycles. The number of nitrogens with zero attached hydrogens (tertiary/aromatic N) is 4. The second-order valence-electron chi connectivity index (χ2n) is 14.8. The van der Waals surface area contributed by atoms with Crippen LogP contribution in [0.4, 0.5) is 0 Å². The van der Waals surface area contributed by atoms with Gasteiger partial charge < -0.3 is 13.7 Å². The first-order chi connectivity index (χ1) is 28.3. The summed E-state index contributed by atoms with van der Waals surface area (Å²) < 4.78 is 7.37. The van der Waals surface area contributed by atoms with Crippen molar-refractivity contribution in [2.75, 3.05) is 0 Å². The lowest BCUT2D eigenvalue weighted by atomic mass is 9.91. The van der Waals surface area contributed by atoms with Crippen molar-refractivity contribution in [3.05, 3.63) is 207 Å². The van der Waals surface area contributed by atoms with E-state index in [1.807, 2.05) is 12.4 Å². The largest absolute Gasteiger partial charge is 0.309 e. The van der Waals surface area contributed by atoms with Crippen LogP contribution < -0.4 is 0 Å². The molecule has 4 heterocycles. The Labute approximate surface area is 328 Å². The van der Waals surface area contributed by atoms with Crippen molar-refractivity contribution in [3.63, 3.8) is 0 Å². The van der Waals surface area contributed by atoms with Gasteiger partial charge in [-0.25, -0.2) is 0 Å². The van der Waals surface area contributed by atoms with Gasteiger partial charge in [0.25, 0.3) is 0 Å². The van der Waals surface area contributed by atoms with Crippen LogP contribution in [0, 0.1) is 0 Å². The van der Waals surface area contributed by atoms with E-state index in [-0.39, 0.29) is 0 Å². The van der Waals surface area contributed by atoms with E-state index in [1.165, 1.54) is 65.7 Å². The second-order valence-corrected chi connectivity index (χ2v) is 14.8. The van der Waals surface area contributed by atoms with E-state index in [9.17, 15) is 0 Å². The maximum absolute atomic E-state index is 4.61. The first kappa shape index (κ1) is 31.6. The standard InChI is InChI=1S/C53H34N4/c1-4-16-35(17-5-1)36-32-42-39-22-10-13-25-45(39)56(38-20-8-3-9-21-38)53(42)43(33-36)52-50(57-46-26-14-11-23-40(46)44-34-54-31-30-48(44)57)29-28-49-51(52)41-24-12-15-27-47(41)55(49)37-18-6-2-7-19-37/h1-34H. The number of hydrogen-bond acceptors (Lipinski definition) is 1. The number of para-hydroxylation sites is 5. The van der Waals surface area contributed by atoms with Gasteiger partial charge >= 0.3 is 0 Å². The molecule has 0 atom stereocenters. The highest BCUT2D eigenvalue weighted by Crippen LogP contribution is 2.49. The van der Waals surface area contributed by atoms with Crippen LogP contribution in [0.15, 0.2) is 207 Å². The number of aromatic nitrogens is 4. The van der Waals surface area contributed by atoms with Crippen molar-refractivity contribution < 1.29 is 0 Å². The quantitative estimate of drug-likeness (QED) is 0.174. The molecule has 0 aliphatic heterocycles. The van der Waals surface area contributed by atoms with Gasteiger partial charge in [0, 0.05) is 67.2 Å². The zero-order valence-corrected chi connectivity index (χ0v) is 30.9. The summed E-state index contributed by atoms with van der Waals surface area (Å²) in [5.74, 6) is 0. The summed E-state index contributed by atoms with van der Waals surface area (Å²) in [5, 5.41) is 7.16. The Bertz CT molecular complexity index is 3450. The van der Waals surface area contributed by atoms with Crippen LogP contribution in [0.1, 0.15) is 0 Å². The fourth-order valence-electron chi connectivity index (χ4n) is 9.37. The minimum Gasteiger partial charge on any atom is -0.309 e. The third kappa shape index (κ3) is 4.65. The van der Waals surface area contributed by atoms with Gasteiger partial charge in [-0.15, -0.1) is 0 Å². The highest BCUT2D eigenvalue weighted by Gasteiger charge is 2.26. The van der Waals surface area contributed by atoms with Crippen LogP contribution in [0.2, 0.25) is 0 Å². The highest BCUT2D eigenvalue weighted by atomic mass is 15.0. The van der Waals surface area contributed by atoms with Gasteiger partial charge in [-0.1, -0.05) is 121 Å². The lowest BCUT2D eigenvalue weighted by Crippen LogP contribution is -2.01. The van der Waals surface area contributed by atoms with Crippen LogP contribution in [-0.4, -0.2) is 18.7 Å². The van der Waals surface area contributed by atoms with Crippen molar-refractivity contribution in [1.82, 2.24) is 18.7 Å². The van der Waals surface area contributed by atoms with E-state index in [1.54, 1.807) is 0 Å². The summed E-state index contributed by atoms with van der Waals surface area (Å²) in [6.45, 7) is 0. The average Bonchev–Trinajstić information content (AvgIpc) is 3.93.